The van der Waals surface area contributed by atoms with Crippen molar-refractivity contribution in [3.63, 3.8) is 0 Å². The first-order valence-corrected chi connectivity index (χ1v) is 14.5. The zero-order chi connectivity index (χ0) is 33.6. The summed E-state index contributed by atoms with van der Waals surface area (Å²) in [5.74, 6) is -2.17. The van der Waals surface area contributed by atoms with Crippen molar-refractivity contribution in [1.82, 2.24) is 15.5 Å². The average Bonchev–Trinajstić information content (AvgIpc) is 3.34. The predicted molar refractivity (Wildman–Crippen MR) is 163 cm³/mol. The average molecular weight is 638 g/mol. The molecule has 1 atom stereocenters. The van der Waals surface area contributed by atoms with Gasteiger partial charge in [0, 0.05) is 42.9 Å². The number of rotatable bonds is 16. The van der Waals surface area contributed by atoms with Crippen LogP contribution in [0.15, 0.2) is 60.7 Å². The van der Waals surface area contributed by atoms with E-state index in [1.807, 2.05) is 0 Å². The number of nitrogens with zero attached hydrogens (tertiary/aromatic N) is 2. The van der Waals surface area contributed by atoms with Crippen molar-refractivity contribution >= 4 is 47.1 Å². The van der Waals surface area contributed by atoms with E-state index in [1.165, 1.54) is 36.4 Å². The minimum Gasteiger partial charge on any atom is -0.429 e. The lowest BCUT2D eigenvalue weighted by Crippen LogP contribution is -2.51. The number of nitro benzene ring substituents is 1. The van der Waals surface area contributed by atoms with Crippen molar-refractivity contribution < 1.29 is 43.2 Å². The summed E-state index contributed by atoms with van der Waals surface area (Å²) in [7, 11) is 0. The van der Waals surface area contributed by atoms with Gasteiger partial charge >= 0.3 is 6.16 Å². The highest BCUT2D eigenvalue weighted by Gasteiger charge is 2.25. The van der Waals surface area contributed by atoms with Crippen LogP contribution < -0.4 is 20.7 Å². The molecule has 1 aliphatic heterocycles. The molecule has 3 rings (SSSR count). The fourth-order valence-electron chi connectivity index (χ4n) is 4.24. The molecule has 15 nitrogen and oxygen atoms in total. The highest BCUT2D eigenvalue weighted by atomic mass is 16.7. The molecule has 0 radical (unpaired) electrons. The summed E-state index contributed by atoms with van der Waals surface area (Å²) >= 11 is 0. The van der Waals surface area contributed by atoms with Crippen molar-refractivity contribution in [2.45, 2.75) is 52.2 Å². The van der Waals surface area contributed by atoms with Gasteiger partial charge in [-0.25, -0.2) is 4.79 Å². The molecule has 15 heteroatoms. The Morgan fingerprint density at radius 2 is 1.54 bits per heavy atom. The van der Waals surface area contributed by atoms with Gasteiger partial charge in [-0.2, -0.15) is 0 Å². The number of benzene rings is 2. The van der Waals surface area contributed by atoms with Gasteiger partial charge in [-0.3, -0.25) is 39.0 Å². The maximum atomic E-state index is 12.7. The number of anilines is 1. The fraction of sp³-hybridized carbons (Fsp3) is 0.355. The van der Waals surface area contributed by atoms with E-state index in [0.717, 1.165) is 4.90 Å². The number of hydrogen-bond acceptors (Lipinski definition) is 10. The lowest BCUT2D eigenvalue weighted by molar-refractivity contribution is -0.384. The molecule has 2 aromatic rings. The molecule has 244 valence electrons. The third-order valence-electron chi connectivity index (χ3n) is 6.72. The Balaban J connectivity index is 1.34. The van der Waals surface area contributed by atoms with Crippen molar-refractivity contribution in [2.24, 2.45) is 5.92 Å². The van der Waals surface area contributed by atoms with Crippen molar-refractivity contribution in [1.29, 1.82) is 0 Å². The molecule has 0 fully saturated rings. The van der Waals surface area contributed by atoms with Gasteiger partial charge in [-0.1, -0.05) is 32.4 Å². The molecule has 5 amide bonds. The maximum Gasteiger partial charge on any atom is 0.514 e. The van der Waals surface area contributed by atoms with Crippen LogP contribution in [0.1, 0.15) is 45.1 Å². The second kappa shape index (κ2) is 17.0. The van der Waals surface area contributed by atoms with Gasteiger partial charge in [0.15, 0.2) is 0 Å². The zero-order valence-corrected chi connectivity index (χ0v) is 25.4. The quantitative estimate of drug-likeness (QED) is 0.0613. The second-order valence-electron chi connectivity index (χ2n) is 10.6. The number of amides is 5. The number of non-ortho nitro benzene ring substituents is 1. The highest BCUT2D eigenvalue weighted by molar-refractivity contribution is 6.12. The lowest BCUT2D eigenvalue weighted by Gasteiger charge is -2.21. The first-order valence-electron chi connectivity index (χ1n) is 14.5. The number of nitrogens with one attached hydrogen (secondary N) is 3. The van der Waals surface area contributed by atoms with Crippen LogP contribution in [0.3, 0.4) is 0 Å². The molecule has 0 aromatic heterocycles. The van der Waals surface area contributed by atoms with E-state index in [-0.39, 0.29) is 61.2 Å². The SMILES string of the molecule is CC(C)C(NC(=O)CCCCCN1C(=O)C=CC1=O)C(=O)NCC(=O)Nc1ccc(COC(=O)Oc2ccc([N+](=O)[O-])cc2)cc1. The third kappa shape index (κ3) is 11.2. The topological polar surface area (TPSA) is 203 Å². The van der Waals surface area contributed by atoms with Crippen LogP contribution in [-0.4, -0.2) is 64.6 Å². The fourth-order valence-corrected chi connectivity index (χ4v) is 4.24. The standard InChI is InChI=1S/C31H35N5O10/c1-20(2)29(34-25(37)6-4-3-5-17-35-27(39)15-16-28(35)40)30(41)32-18-26(38)33-22-9-7-21(8-10-22)19-45-31(42)46-24-13-11-23(12-14-24)36(43)44/h7-16,20,29H,3-6,17-19H2,1-2H3,(H,32,41)(H,33,38)(H,34,37). The number of ether oxygens (including phenoxy) is 2. The van der Waals surface area contributed by atoms with E-state index >= 15 is 0 Å². The molecule has 0 aliphatic carbocycles. The predicted octanol–water partition coefficient (Wildman–Crippen LogP) is 2.99. The number of carbonyl (C=O) groups is 6. The first kappa shape index (κ1) is 34.9. The number of nitro groups is 1. The number of hydrogen-bond donors (Lipinski definition) is 3. The Bertz CT molecular complexity index is 1450. The molecule has 3 N–H and O–H groups in total. The molecular formula is C31H35N5O10. The molecule has 1 unspecified atom stereocenters. The van der Waals surface area contributed by atoms with E-state index in [0.29, 0.717) is 30.5 Å². The molecule has 0 saturated heterocycles. The van der Waals surface area contributed by atoms with Gasteiger partial charge in [-0.05, 0) is 48.6 Å². The largest absolute Gasteiger partial charge is 0.514 e. The Kier molecular flexibility index (Phi) is 12.9. The monoisotopic (exact) mass is 637 g/mol. The van der Waals surface area contributed by atoms with Crippen LogP contribution in [-0.2, 0) is 35.3 Å². The summed E-state index contributed by atoms with van der Waals surface area (Å²) in [6, 6.07) is 10.5. The molecule has 1 aliphatic rings. The highest BCUT2D eigenvalue weighted by Crippen LogP contribution is 2.18. The van der Waals surface area contributed by atoms with Gasteiger partial charge in [0.1, 0.15) is 18.4 Å². The van der Waals surface area contributed by atoms with Crippen molar-refractivity contribution in [2.75, 3.05) is 18.4 Å². The minimum absolute atomic E-state index is 0.0840. The second-order valence-corrected chi connectivity index (χ2v) is 10.6. The van der Waals surface area contributed by atoms with Crippen molar-refractivity contribution in [3.05, 3.63) is 76.4 Å². The van der Waals surface area contributed by atoms with E-state index in [9.17, 15) is 38.9 Å². The Morgan fingerprint density at radius 1 is 0.891 bits per heavy atom. The third-order valence-corrected chi connectivity index (χ3v) is 6.72. The number of unbranched alkanes of at least 4 members (excludes halogenated alkanes) is 2. The van der Waals surface area contributed by atoms with Gasteiger partial charge in [0.25, 0.3) is 17.5 Å². The van der Waals surface area contributed by atoms with E-state index in [2.05, 4.69) is 16.0 Å². The molecule has 0 spiro atoms. The van der Waals surface area contributed by atoms with Gasteiger partial charge in [0.2, 0.25) is 17.7 Å². The van der Waals surface area contributed by atoms with Gasteiger partial charge in [-0.15, -0.1) is 0 Å². The molecule has 0 saturated carbocycles. The summed E-state index contributed by atoms with van der Waals surface area (Å²) in [5.41, 5.74) is 0.878. The molecule has 0 bridgehead atoms. The van der Waals surface area contributed by atoms with Crippen molar-refractivity contribution in [3.8, 4) is 5.75 Å². The number of imide groups is 1. The summed E-state index contributed by atoms with van der Waals surface area (Å²) in [4.78, 5) is 83.9. The molecule has 2 aromatic carbocycles. The van der Waals surface area contributed by atoms with Crippen LogP contribution in [0.4, 0.5) is 16.2 Å². The van der Waals surface area contributed by atoms with E-state index in [4.69, 9.17) is 9.47 Å². The van der Waals surface area contributed by atoms with Crippen LogP contribution in [0, 0.1) is 16.0 Å². The lowest BCUT2D eigenvalue weighted by atomic mass is 10.0. The van der Waals surface area contributed by atoms with Crippen LogP contribution in [0.25, 0.3) is 0 Å². The molecule has 1 heterocycles. The zero-order valence-electron chi connectivity index (χ0n) is 25.4. The summed E-state index contributed by atoms with van der Waals surface area (Å²) in [6.07, 6.45) is 3.32. The Morgan fingerprint density at radius 3 is 2.15 bits per heavy atom. The summed E-state index contributed by atoms with van der Waals surface area (Å²) < 4.78 is 10.0. The Labute approximate surface area is 264 Å². The van der Waals surface area contributed by atoms with Crippen LogP contribution in [0.5, 0.6) is 5.75 Å². The van der Waals surface area contributed by atoms with Crippen LogP contribution >= 0.6 is 0 Å². The van der Waals surface area contributed by atoms with E-state index < -0.39 is 28.9 Å². The normalized spacial score (nSPS) is 12.9. The Hall–Kier alpha value is -5.60. The summed E-state index contributed by atoms with van der Waals surface area (Å²) in [5, 5.41) is 18.6. The number of carbonyl (C=O) groups excluding carboxylic acids is 6. The van der Waals surface area contributed by atoms with Gasteiger partial charge < -0.3 is 25.4 Å². The molecular weight excluding hydrogens is 602 g/mol. The molecule has 46 heavy (non-hydrogen) atoms. The first-order chi connectivity index (χ1) is 21.9. The minimum atomic E-state index is -0.999. The van der Waals surface area contributed by atoms with E-state index in [1.54, 1.807) is 38.1 Å². The summed E-state index contributed by atoms with van der Waals surface area (Å²) in [6.45, 7) is 3.36. The van der Waals surface area contributed by atoms with Gasteiger partial charge in [0.05, 0.1) is 11.5 Å². The smallest absolute Gasteiger partial charge is 0.429 e. The van der Waals surface area contributed by atoms with Crippen LogP contribution in [0.2, 0.25) is 0 Å². The maximum absolute atomic E-state index is 12.7.